The minimum absolute atomic E-state index is 0.310. The lowest BCUT2D eigenvalue weighted by molar-refractivity contribution is 0.112. The second kappa shape index (κ2) is 6.06. The van der Waals surface area contributed by atoms with Crippen LogP contribution in [-0.2, 0) is 4.74 Å². The van der Waals surface area contributed by atoms with E-state index >= 15 is 0 Å². The second-order valence-electron chi connectivity index (χ2n) is 3.04. The summed E-state index contributed by atoms with van der Waals surface area (Å²) in [7, 11) is 3.86. The van der Waals surface area contributed by atoms with E-state index in [1.807, 2.05) is 0 Å². The number of nitrogens with zero attached hydrogens (tertiary/aromatic N) is 1. The third-order valence-corrected chi connectivity index (χ3v) is 2.20. The van der Waals surface area contributed by atoms with Crippen molar-refractivity contribution in [2.24, 2.45) is 0 Å². The molecule has 0 N–H and O–H groups in total. The number of hydrogen-bond acceptors (Lipinski definition) is 2. The van der Waals surface area contributed by atoms with E-state index < -0.39 is 0 Å². The SMILES string of the molecule is C/C=C(\CC(C)OC)N(C)CC. The quantitative estimate of drug-likeness (QED) is 0.629. The molecule has 1 unspecified atom stereocenters. The van der Waals surface area contributed by atoms with Gasteiger partial charge in [-0.1, -0.05) is 6.08 Å². The zero-order valence-corrected chi connectivity index (χ0v) is 8.92. The maximum atomic E-state index is 5.21. The highest BCUT2D eigenvalue weighted by atomic mass is 16.5. The van der Waals surface area contributed by atoms with Crippen LogP contribution in [0.5, 0.6) is 0 Å². The normalized spacial score (nSPS) is 14.6. The van der Waals surface area contributed by atoms with Gasteiger partial charge in [0.15, 0.2) is 0 Å². The Morgan fingerprint density at radius 1 is 1.58 bits per heavy atom. The van der Waals surface area contributed by atoms with E-state index in [-0.39, 0.29) is 0 Å². The van der Waals surface area contributed by atoms with Crippen LogP contribution in [0, 0.1) is 0 Å². The van der Waals surface area contributed by atoms with E-state index in [1.165, 1.54) is 5.70 Å². The molecule has 0 bridgehead atoms. The Morgan fingerprint density at radius 2 is 2.17 bits per heavy atom. The summed E-state index contributed by atoms with van der Waals surface area (Å²) in [6.07, 6.45) is 3.46. The van der Waals surface area contributed by atoms with E-state index in [9.17, 15) is 0 Å². The van der Waals surface area contributed by atoms with Gasteiger partial charge in [0.05, 0.1) is 6.10 Å². The lowest BCUT2D eigenvalue weighted by Gasteiger charge is -2.22. The fourth-order valence-corrected chi connectivity index (χ4v) is 1.08. The van der Waals surface area contributed by atoms with Crippen LogP contribution in [0.4, 0.5) is 0 Å². The van der Waals surface area contributed by atoms with Gasteiger partial charge in [-0.25, -0.2) is 0 Å². The van der Waals surface area contributed by atoms with Crippen LogP contribution in [0.1, 0.15) is 27.2 Å². The third-order valence-electron chi connectivity index (χ3n) is 2.20. The van der Waals surface area contributed by atoms with Crippen LogP contribution in [0.25, 0.3) is 0 Å². The van der Waals surface area contributed by atoms with Crippen LogP contribution >= 0.6 is 0 Å². The van der Waals surface area contributed by atoms with Gasteiger partial charge in [0, 0.05) is 32.8 Å². The Bertz CT molecular complexity index is 143. The Balaban J connectivity index is 4.01. The second-order valence-corrected chi connectivity index (χ2v) is 3.04. The minimum Gasteiger partial charge on any atom is -0.381 e. The van der Waals surface area contributed by atoms with Crippen LogP contribution in [0.2, 0.25) is 0 Å². The Labute approximate surface area is 76.2 Å². The number of rotatable bonds is 5. The van der Waals surface area contributed by atoms with Crippen molar-refractivity contribution in [2.45, 2.75) is 33.3 Å². The molecule has 0 saturated heterocycles. The summed E-state index contributed by atoms with van der Waals surface area (Å²) in [6.45, 7) is 7.37. The maximum Gasteiger partial charge on any atom is 0.0597 e. The van der Waals surface area contributed by atoms with Crippen LogP contribution in [0.3, 0.4) is 0 Å². The zero-order valence-electron chi connectivity index (χ0n) is 8.92. The highest BCUT2D eigenvalue weighted by Gasteiger charge is 2.06. The first-order valence-electron chi connectivity index (χ1n) is 4.54. The van der Waals surface area contributed by atoms with Crippen molar-refractivity contribution >= 4 is 0 Å². The van der Waals surface area contributed by atoms with E-state index in [0.717, 1.165) is 13.0 Å². The molecule has 2 heteroatoms. The first-order valence-corrected chi connectivity index (χ1v) is 4.54. The van der Waals surface area contributed by atoms with Crippen LogP contribution in [0.15, 0.2) is 11.8 Å². The van der Waals surface area contributed by atoms with Gasteiger partial charge >= 0.3 is 0 Å². The summed E-state index contributed by atoms with van der Waals surface area (Å²) in [6, 6.07) is 0. The predicted molar refractivity (Wildman–Crippen MR) is 53.1 cm³/mol. The average molecular weight is 171 g/mol. The standard InChI is InChI=1S/C10H21NO/c1-6-10(11(4)7-2)8-9(3)12-5/h6,9H,7-8H2,1-5H3/b10-6+. The summed E-state index contributed by atoms with van der Waals surface area (Å²) in [5, 5.41) is 0. The van der Waals surface area contributed by atoms with Crippen molar-refractivity contribution in [3.8, 4) is 0 Å². The summed E-state index contributed by atoms with van der Waals surface area (Å²) in [4.78, 5) is 2.25. The number of hydrogen-bond donors (Lipinski definition) is 0. The molecule has 0 heterocycles. The molecule has 2 nitrogen and oxygen atoms in total. The van der Waals surface area contributed by atoms with E-state index in [0.29, 0.717) is 6.10 Å². The van der Waals surface area contributed by atoms with Crippen molar-refractivity contribution in [1.29, 1.82) is 0 Å². The number of allylic oxidation sites excluding steroid dienone is 1. The monoisotopic (exact) mass is 171 g/mol. The molecule has 0 fully saturated rings. The molecule has 0 spiro atoms. The number of ether oxygens (including phenoxy) is 1. The lowest BCUT2D eigenvalue weighted by atomic mass is 10.2. The molecule has 12 heavy (non-hydrogen) atoms. The van der Waals surface area contributed by atoms with Gasteiger partial charge in [0.25, 0.3) is 0 Å². The first kappa shape index (κ1) is 11.5. The van der Waals surface area contributed by atoms with Gasteiger partial charge in [0.2, 0.25) is 0 Å². The number of methoxy groups -OCH3 is 1. The van der Waals surface area contributed by atoms with Crippen molar-refractivity contribution in [1.82, 2.24) is 4.90 Å². The molecule has 0 aromatic carbocycles. The Hall–Kier alpha value is -0.500. The van der Waals surface area contributed by atoms with Gasteiger partial charge in [-0.2, -0.15) is 0 Å². The smallest absolute Gasteiger partial charge is 0.0597 e. The fraction of sp³-hybridized carbons (Fsp3) is 0.800. The molecular formula is C10H21NO. The molecule has 0 amide bonds. The van der Waals surface area contributed by atoms with E-state index in [1.54, 1.807) is 7.11 Å². The molecule has 0 rings (SSSR count). The van der Waals surface area contributed by atoms with E-state index in [2.05, 4.69) is 38.8 Å². The lowest BCUT2D eigenvalue weighted by Crippen LogP contribution is -2.20. The van der Waals surface area contributed by atoms with Crippen molar-refractivity contribution in [2.75, 3.05) is 20.7 Å². The Morgan fingerprint density at radius 3 is 2.50 bits per heavy atom. The largest absolute Gasteiger partial charge is 0.381 e. The molecule has 0 aromatic rings. The fourth-order valence-electron chi connectivity index (χ4n) is 1.08. The summed E-state index contributed by atoms with van der Waals surface area (Å²) < 4.78 is 5.21. The topological polar surface area (TPSA) is 12.5 Å². The first-order chi connectivity index (χ1) is 5.65. The Kier molecular flexibility index (Phi) is 5.81. The van der Waals surface area contributed by atoms with Gasteiger partial charge in [-0.05, 0) is 20.8 Å². The molecule has 0 aromatic heterocycles. The highest BCUT2D eigenvalue weighted by Crippen LogP contribution is 2.10. The van der Waals surface area contributed by atoms with Crippen LogP contribution in [-0.4, -0.2) is 31.7 Å². The third kappa shape index (κ3) is 3.77. The molecule has 0 saturated carbocycles. The molecule has 0 aliphatic heterocycles. The molecule has 0 aliphatic rings. The van der Waals surface area contributed by atoms with Crippen LogP contribution < -0.4 is 0 Å². The van der Waals surface area contributed by atoms with Crippen molar-refractivity contribution in [3.63, 3.8) is 0 Å². The molecule has 0 radical (unpaired) electrons. The van der Waals surface area contributed by atoms with Gasteiger partial charge in [0.1, 0.15) is 0 Å². The predicted octanol–water partition coefficient (Wildman–Crippen LogP) is 2.27. The minimum atomic E-state index is 0.310. The summed E-state index contributed by atoms with van der Waals surface area (Å²) in [5.41, 5.74) is 1.35. The van der Waals surface area contributed by atoms with Gasteiger partial charge in [-0.3, -0.25) is 0 Å². The van der Waals surface area contributed by atoms with Gasteiger partial charge < -0.3 is 9.64 Å². The van der Waals surface area contributed by atoms with E-state index in [4.69, 9.17) is 4.74 Å². The van der Waals surface area contributed by atoms with Gasteiger partial charge in [-0.15, -0.1) is 0 Å². The maximum absolute atomic E-state index is 5.21. The molecule has 0 aliphatic carbocycles. The average Bonchev–Trinajstić information content (AvgIpc) is 2.12. The molecular weight excluding hydrogens is 150 g/mol. The summed E-state index contributed by atoms with van der Waals surface area (Å²) >= 11 is 0. The molecule has 72 valence electrons. The molecule has 1 atom stereocenters. The van der Waals surface area contributed by atoms with Crippen molar-refractivity contribution < 1.29 is 4.74 Å². The zero-order chi connectivity index (χ0) is 9.56. The highest BCUT2D eigenvalue weighted by molar-refractivity contribution is 4.99. The summed E-state index contributed by atoms with van der Waals surface area (Å²) in [5.74, 6) is 0. The van der Waals surface area contributed by atoms with Crippen molar-refractivity contribution in [3.05, 3.63) is 11.8 Å².